The van der Waals surface area contributed by atoms with Crippen molar-refractivity contribution in [2.24, 2.45) is 7.05 Å². The van der Waals surface area contributed by atoms with E-state index in [1.165, 1.54) is 23.5 Å². The van der Waals surface area contributed by atoms with E-state index in [2.05, 4.69) is 9.97 Å². The van der Waals surface area contributed by atoms with E-state index in [1.54, 1.807) is 18.5 Å². The molecule has 0 unspecified atom stereocenters. The van der Waals surface area contributed by atoms with Crippen LogP contribution >= 0.6 is 11.3 Å². The molecule has 2 heterocycles. The Morgan fingerprint density at radius 3 is 2.93 bits per heavy atom. The standard InChI is InChI=1S/C21H18FN3O2S/c1-13-19(28-21(24-13)15-4-3-5-16(22)9-15)10-20(26)27-11-14-6-7-18-17(8-14)23-12-25(18)2/h3-9,12H,10-11H2,1-2H3. The molecule has 0 aliphatic heterocycles. The molecule has 0 aliphatic carbocycles. The van der Waals surface area contributed by atoms with Crippen molar-refractivity contribution in [2.45, 2.75) is 20.0 Å². The lowest BCUT2D eigenvalue weighted by molar-refractivity contribution is -0.144. The Hall–Kier alpha value is -3.06. The third kappa shape index (κ3) is 3.80. The van der Waals surface area contributed by atoms with Gasteiger partial charge < -0.3 is 9.30 Å². The molecule has 0 aliphatic rings. The van der Waals surface area contributed by atoms with E-state index in [1.807, 2.05) is 36.7 Å². The second-order valence-electron chi connectivity index (χ2n) is 6.55. The predicted octanol–water partition coefficient (Wildman–Crippen LogP) is 4.43. The van der Waals surface area contributed by atoms with Gasteiger partial charge >= 0.3 is 5.97 Å². The lowest BCUT2D eigenvalue weighted by Crippen LogP contribution is -2.07. The molecule has 0 atom stereocenters. The van der Waals surface area contributed by atoms with E-state index in [9.17, 15) is 9.18 Å². The van der Waals surface area contributed by atoms with Gasteiger partial charge in [0.15, 0.2) is 0 Å². The number of imidazole rings is 1. The topological polar surface area (TPSA) is 57.0 Å². The van der Waals surface area contributed by atoms with E-state index in [4.69, 9.17) is 4.74 Å². The smallest absolute Gasteiger partial charge is 0.311 e. The summed E-state index contributed by atoms with van der Waals surface area (Å²) in [6.45, 7) is 2.04. The van der Waals surface area contributed by atoms with Gasteiger partial charge in [-0.1, -0.05) is 18.2 Å². The molecule has 4 rings (SSSR count). The molecular formula is C21H18FN3O2S. The highest BCUT2D eigenvalue weighted by molar-refractivity contribution is 7.15. The van der Waals surface area contributed by atoms with Crippen molar-refractivity contribution in [1.29, 1.82) is 0 Å². The molecule has 0 fully saturated rings. The molecular weight excluding hydrogens is 377 g/mol. The maximum Gasteiger partial charge on any atom is 0.311 e. The van der Waals surface area contributed by atoms with Crippen LogP contribution in [0.15, 0.2) is 48.8 Å². The van der Waals surface area contributed by atoms with Gasteiger partial charge in [0, 0.05) is 17.5 Å². The summed E-state index contributed by atoms with van der Waals surface area (Å²) >= 11 is 1.38. The Balaban J connectivity index is 1.42. The van der Waals surface area contributed by atoms with E-state index < -0.39 is 0 Å². The summed E-state index contributed by atoms with van der Waals surface area (Å²) in [7, 11) is 1.94. The normalized spacial score (nSPS) is 11.1. The van der Waals surface area contributed by atoms with Gasteiger partial charge in [0.05, 0.1) is 29.5 Å². The average Bonchev–Trinajstić information content (AvgIpc) is 3.23. The van der Waals surface area contributed by atoms with Gasteiger partial charge in [-0.05, 0) is 36.8 Å². The zero-order valence-electron chi connectivity index (χ0n) is 15.5. The molecule has 142 valence electrons. The second kappa shape index (κ2) is 7.52. The fourth-order valence-corrected chi connectivity index (χ4v) is 4.00. The van der Waals surface area contributed by atoms with Crippen LogP contribution in [-0.2, 0) is 29.6 Å². The molecule has 7 heteroatoms. The van der Waals surface area contributed by atoms with Crippen molar-refractivity contribution in [1.82, 2.24) is 14.5 Å². The fourth-order valence-electron chi connectivity index (χ4n) is 2.95. The molecule has 4 aromatic rings. The zero-order chi connectivity index (χ0) is 19.7. The highest BCUT2D eigenvalue weighted by Gasteiger charge is 2.14. The van der Waals surface area contributed by atoms with Crippen molar-refractivity contribution in [3.05, 3.63) is 70.7 Å². The molecule has 0 N–H and O–H groups in total. The van der Waals surface area contributed by atoms with E-state index in [0.717, 1.165) is 27.2 Å². The van der Waals surface area contributed by atoms with Gasteiger partial charge in [-0.3, -0.25) is 4.79 Å². The number of fused-ring (bicyclic) bond motifs is 1. The molecule has 2 aromatic heterocycles. The molecule has 0 spiro atoms. The molecule has 0 saturated heterocycles. The molecule has 0 amide bonds. The Kier molecular flexibility index (Phi) is 4.92. The number of aromatic nitrogens is 3. The molecule has 0 bridgehead atoms. The minimum absolute atomic E-state index is 0.143. The largest absolute Gasteiger partial charge is 0.461 e. The lowest BCUT2D eigenvalue weighted by Gasteiger charge is -2.05. The highest BCUT2D eigenvalue weighted by Crippen LogP contribution is 2.29. The summed E-state index contributed by atoms with van der Waals surface area (Å²) in [4.78, 5) is 21.9. The monoisotopic (exact) mass is 395 g/mol. The van der Waals surface area contributed by atoms with Gasteiger partial charge in [0.25, 0.3) is 0 Å². The van der Waals surface area contributed by atoms with Crippen LogP contribution in [0.4, 0.5) is 4.39 Å². The highest BCUT2D eigenvalue weighted by atomic mass is 32.1. The Morgan fingerprint density at radius 2 is 2.11 bits per heavy atom. The quantitative estimate of drug-likeness (QED) is 0.469. The first-order chi connectivity index (χ1) is 13.5. The Bertz CT molecular complexity index is 1170. The molecule has 28 heavy (non-hydrogen) atoms. The summed E-state index contributed by atoms with van der Waals surface area (Å²) in [6, 6.07) is 12.1. The first-order valence-electron chi connectivity index (χ1n) is 8.77. The third-order valence-corrected chi connectivity index (χ3v) is 5.67. The minimum atomic E-state index is -0.321. The average molecular weight is 395 g/mol. The van der Waals surface area contributed by atoms with Crippen LogP contribution in [0.2, 0.25) is 0 Å². The fraction of sp³-hybridized carbons (Fsp3) is 0.190. The van der Waals surface area contributed by atoms with Gasteiger partial charge in [0.1, 0.15) is 17.4 Å². The van der Waals surface area contributed by atoms with Crippen molar-refractivity contribution in [3.63, 3.8) is 0 Å². The van der Waals surface area contributed by atoms with E-state index >= 15 is 0 Å². The van der Waals surface area contributed by atoms with Crippen molar-refractivity contribution < 1.29 is 13.9 Å². The molecule has 0 saturated carbocycles. The van der Waals surface area contributed by atoms with Gasteiger partial charge in [0.2, 0.25) is 0 Å². The Morgan fingerprint density at radius 1 is 1.25 bits per heavy atom. The first kappa shape index (κ1) is 18.3. The first-order valence-corrected chi connectivity index (χ1v) is 9.59. The van der Waals surface area contributed by atoms with Crippen LogP contribution < -0.4 is 0 Å². The van der Waals surface area contributed by atoms with Crippen molar-refractivity contribution in [3.8, 4) is 10.6 Å². The summed E-state index contributed by atoms with van der Waals surface area (Å²) in [5, 5.41) is 0.695. The van der Waals surface area contributed by atoms with Crippen LogP contribution in [0.5, 0.6) is 0 Å². The number of hydrogen-bond acceptors (Lipinski definition) is 5. The van der Waals surface area contributed by atoms with Crippen LogP contribution in [0, 0.1) is 12.7 Å². The van der Waals surface area contributed by atoms with E-state index in [0.29, 0.717) is 10.6 Å². The summed E-state index contributed by atoms with van der Waals surface area (Å²) in [5.41, 5.74) is 4.25. The number of hydrogen-bond donors (Lipinski definition) is 0. The summed E-state index contributed by atoms with van der Waals surface area (Å²) in [5.74, 6) is -0.630. The second-order valence-corrected chi connectivity index (χ2v) is 7.64. The molecule has 0 radical (unpaired) electrons. The number of esters is 1. The Labute approximate surface area is 165 Å². The minimum Gasteiger partial charge on any atom is -0.461 e. The number of carbonyl (C=O) groups excluding carboxylic acids is 1. The van der Waals surface area contributed by atoms with Crippen LogP contribution in [0.3, 0.4) is 0 Å². The summed E-state index contributed by atoms with van der Waals surface area (Å²) in [6.07, 6.45) is 1.90. The zero-order valence-corrected chi connectivity index (χ0v) is 16.3. The number of carbonyl (C=O) groups is 1. The van der Waals surface area contributed by atoms with Crippen molar-refractivity contribution >= 4 is 28.3 Å². The third-order valence-electron chi connectivity index (χ3n) is 4.46. The van der Waals surface area contributed by atoms with Crippen LogP contribution in [0.25, 0.3) is 21.6 Å². The maximum absolute atomic E-state index is 13.4. The maximum atomic E-state index is 13.4. The van der Waals surface area contributed by atoms with E-state index in [-0.39, 0.29) is 24.8 Å². The number of halogens is 1. The van der Waals surface area contributed by atoms with Gasteiger partial charge in [-0.25, -0.2) is 14.4 Å². The van der Waals surface area contributed by atoms with Crippen LogP contribution in [-0.4, -0.2) is 20.5 Å². The van der Waals surface area contributed by atoms with Gasteiger partial charge in [-0.15, -0.1) is 11.3 Å². The lowest BCUT2D eigenvalue weighted by atomic mass is 10.2. The SMILES string of the molecule is Cc1nc(-c2cccc(F)c2)sc1CC(=O)OCc1ccc2c(c1)ncn2C. The van der Waals surface area contributed by atoms with Crippen LogP contribution in [0.1, 0.15) is 16.1 Å². The van der Waals surface area contributed by atoms with Crippen molar-refractivity contribution in [2.75, 3.05) is 0 Å². The number of thiazole rings is 1. The number of nitrogens with zero attached hydrogens (tertiary/aromatic N) is 3. The number of benzene rings is 2. The predicted molar refractivity (Wildman–Crippen MR) is 106 cm³/mol. The summed E-state index contributed by atoms with van der Waals surface area (Å²) < 4.78 is 20.8. The number of aryl methyl sites for hydroxylation is 2. The number of ether oxygens (including phenoxy) is 1. The molecule has 5 nitrogen and oxygen atoms in total. The number of rotatable bonds is 5. The molecule has 2 aromatic carbocycles. The van der Waals surface area contributed by atoms with Gasteiger partial charge in [-0.2, -0.15) is 0 Å².